The second kappa shape index (κ2) is 5.70. The molecule has 1 aromatic heterocycles. The van der Waals surface area contributed by atoms with Crippen LogP contribution in [0.1, 0.15) is 11.1 Å². The van der Waals surface area contributed by atoms with E-state index in [9.17, 15) is 0 Å². The Kier molecular flexibility index (Phi) is 3.17. The van der Waals surface area contributed by atoms with Gasteiger partial charge in [-0.2, -0.15) is 0 Å². The van der Waals surface area contributed by atoms with Gasteiger partial charge < -0.3 is 4.74 Å². The molecular formula is C25H16OS. The van der Waals surface area contributed by atoms with Crippen molar-refractivity contribution in [1.29, 1.82) is 0 Å². The fourth-order valence-electron chi connectivity index (χ4n) is 3.98. The average molecular weight is 364 g/mol. The first kappa shape index (κ1) is 15.0. The van der Waals surface area contributed by atoms with Crippen LogP contribution in [0.15, 0.2) is 84.9 Å². The molecule has 0 aliphatic carbocycles. The van der Waals surface area contributed by atoms with E-state index < -0.39 is 0 Å². The number of hydrogen-bond acceptors (Lipinski definition) is 2. The van der Waals surface area contributed by atoms with Gasteiger partial charge in [-0.05, 0) is 52.6 Å². The minimum absolute atomic E-state index is 0.921. The summed E-state index contributed by atoms with van der Waals surface area (Å²) in [6.07, 6.45) is 0.921. The van der Waals surface area contributed by atoms with Crippen molar-refractivity contribution in [3.05, 3.63) is 96.1 Å². The Labute approximate surface area is 161 Å². The van der Waals surface area contributed by atoms with Gasteiger partial charge >= 0.3 is 0 Å². The van der Waals surface area contributed by atoms with Crippen molar-refractivity contribution in [2.45, 2.75) is 6.42 Å². The summed E-state index contributed by atoms with van der Waals surface area (Å²) in [7, 11) is 0. The maximum atomic E-state index is 6.08. The molecule has 0 N–H and O–H groups in total. The van der Waals surface area contributed by atoms with Crippen LogP contribution in [-0.2, 0) is 6.42 Å². The number of benzene rings is 4. The lowest BCUT2D eigenvalue weighted by molar-refractivity contribution is 0.460. The van der Waals surface area contributed by atoms with Crippen LogP contribution in [0.3, 0.4) is 0 Å². The summed E-state index contributed by atoms with van der Waals surface area (Å²) in [5, 5.41) is 2.69. The fraction of sp³-hybridized carbons (Fsp3) is 0.0400. The summed E-state index contributed by atoms with van der Waals surface area (Å²) in [5.74, 6) is 1.95. The third-order valence-corrected chi connectivity index (χ3v) is 6.48. The highest BCUT2D eigenvalue weighted by atomic mass is 32.1. The molecule has 0 atom stereocenters. The van der Waals surface area contributed by atoms with E-state index in [0.29, 0.717) is 0 Å². The Bertz CT molecular complexity index is 1330. The summed E-state index contributed by atoms with van der Waals surface area (Å²) in [5.41, 5.74) is 5.01. The van der Waals surface area contributed by atoms with E-state index in [1.165, 1.54) is 42.4 Å². The molecule has 0 bridgehead atoms. The molecule has 6 rings (SSSR count). The first-order valence-electron chi connectivity index (χ1n) is 9.15. The van der Waals surface area contributed by atoms with Crippen molar-refractivity contribution in [3.8, 4) is 22.6 Å². The Hall–Kier alpha value is -3.10. The molecule has 5 aromatic rings. The van der Waals surface area contributed by atoms with Gasteiger partial charge in [-0.1, -0.05) is 54.6 Å². The normalized spacial score (nSPS) is 12.6. The topological polar surface area (TPSA) is 9.23 Å². The van der Waals surface area contributed by atoms with Gasteiger partial charge in [0.1, 0.15) is 11.5 Å². The number of para-hydroxylation sites is 1. The van der Waals surface area contributed by atoms with E-state index >= 15 is 0 Å². The maximum absolute atomic E-state index is 6.08. The van der Waals surface area contributed by atoms with E-state index in [-0.39, 0.29) is 0 Å². The first-order valence-corrected chi connectivity index (χ1v) is 9.97. The van der Waals surface area contributed by atoms with E-state index in [2.05, 4.69) is 72.8 Å². The molecule has 128 valence electrons. The summed E-state index contributed by atoms with van der Waals surface area (Å²) in [6.45, 7) is 0. The Balaban J connectivity index is 1.45. The van der Waals surface area contributed by atoms with Gasteiger partial charge in [0, 0.05) is 26.6 Å². The summed E-state index contributed by atoms with van der Waals surface area (Å²) in [4.78, 5) is 0. The molecule has 0 amide bonds. The van der Waals surface area contributed by atoms with Crippen LogP contribution >= 0.6 is 11.3 Å². The minimum atomic E-state index is 0.921. The molecule has 0 saturated carbocycles. The highest BCUT2D eigenvalue weighted by Crippen LogP contribution is 2.40. The molecule has 1 aliphatic rings. The molecule has 0 radical (unpaired) electrons. The monoisotopic (exact) mass is 364 g/mol. The lowest BCUT2D eigenvalue weighted by Crippen LogP contribution is -2.02. The van der Waals surface area contributed by atoms with Crippen LogP contribution in [0.5, 0.6) is 11.5 Å². The Morgan fingerprint density at radius 2 is 1.33 bits per heavy atom. The number of rotatable bonds is 1. The van der Waals surface area contributed by atoms with Crippen LogP contribution in [0.4, 0.5) is 0 Å². The number of ether oxygens (including phenoxy) is 1. The van der Waals surface area contributed by atoms with Crippen LogP contribution in [0, 0.1) is 0 Å². The van der Waals surface area contributed by atoms with Gasteiger partial charge in [0.05, 0.1) is 0 Å². The van der Waals surface area contributed by atoms with Crippen molar-refractivity contribution in [1.82, 2.24) is 0 Å². The second-order valence-electron chi connectivity index (χ2n) is 7.02. The minimum Gasteiger partial charge on any atom is -0.457 e. The van der Waals surface area contributed by atoms with Gasteiger partial charge in [-0.15, -0.1) is 11.3 Å². The largest absolute Gasteiger partial charge is 0.457 e. The molecule has 0 unspecified atom stereocenters. The van der Waals surface area contributed by atoms with Gasteiger partial charge in [-0.25, -0.2) is 0 Å². The average Bonchev–Trinajstić information content (AvgIpc) is 3.09. The van der Waals surface area contributed by atoms with Gasteiger partial charge in [0.25, 0.3) is 0 Å². The lowest BCUT2D eigenvalue weighted by atomic mass is 9.96. The zero-order valence-corrected chi connectivity index (χ0v) is 15.4. The quantitative estimate of drug-likeness (QED) is 0.295. The number of thiophene rings is 1. The Morgan fingerprint density at radius 1 is 0.593 bits per heavy atom. The molecule has 1 aliphatic heterocycles. The molecule has 0 fully saturated rings. The van der Waals surface area contributed by atoms with Crippen LogP contribution < -0.4 is 4.74 Å². The summed E-state index contributed by atoms with van der Waals surface area (Å²) >= 11 is 1.87. The lowest BCUT2D eigenvalue weighted by Gasteiger charge is -2.20. The summed E-state index contributed by atoms with van der Waals surface area (Å²) in [6, 6.07) is 30.3. The fourth-order valence-corrected chi connectivity index (χ4v) is 5.12. The standard InChI is InChI=1S/C25H16OS/c1-3-7-22-18(5-1)14-19-13-16(10-12-23(19)26-22)17-9-11-21-20-6-2-4-8-24(20)27-25(21)15-17/h1-13,15H,14H2. The first-order chi connectivity index (χ1) is 13.3. The van der Waals surface area contributed by atoms with Crippen molar-refractivity contribution in [2.75, 3.05) is 0 Å². The van der Waals surface area contributed by atoms with Gasteiger partial charge in [-0.3, -0.25) is 0 Å². The SMILES string of the molecule is c1ccc2c(c1)Cc1cc(-c3ccc4c(c3)sc3ccccc34)ccc1O2. The molecule has 0 saturated heterocycles. The van der Waals surface area contributed by atoms with Crippen LogP contribution in [-0.4, -0.2) is 0 Å². The van der Waals surface area contributed by atoms with Gasteiger partial charge in [0.15, 0.2) is 0 Å². The Morgan fingerprint density at radius 3 is 2.33 bits per heavy atom. The van der Waals surface area contributed by atoms with E-state index in [1.807, 2.05) is 23.5 Å². The highest BCUT2D eigenvalue weighted by molar-refractivity contribution is 7.25. The van der Waals surface area contributed by atoms with Crippen molar-refractivity contribution < 1.29 is 4.74 Å². The predicted molar refractivity (Wildman–Crippen MR) is 114 cm³/mol. The van der Waals surface area contributed by atoms with E-state index in [4.69, 9.17) is 4.74 Å². The molecule has 4 aromatic carbocycles. The second-order valence-corrected chi connectivity index (χ2v) is 8.10. The van der Waals surface area contributed by atoms with E-state index in [0.717, 1.165) is 17.9 Å². The van der Waals surface area contributed by atoms with Crippen molar-refractivity contribution in [3.63, 3.8) is 0 Å². The molecule has 27 heavy (non-hydrogen) atoms. The molecule has 2 heterocycles. The smallest absolute Gasteiger partial charge is 0.131 e. The van der Waals surface area contributed by atoms with Crippen molar-refractivity contribution >= 4 is 31.5 Å². The van der Waals surface area contributed by atoms with Gasteiger partial charge in [0.2, 0.25) is 0 Å². The number of hydrogen-bond donors (Lipinski definition) is 0. The van der Waals surface area contributed by atoms with E-state index in [1.54, 1.807) is 0 Å². The van der Waals surface area contributed by atoms with Crippen LogP contribution in [0.25, 0.3) is 31.3 Å². The van der Waals surface area contributed by atoms with Crippen molar-refractivity contribution in [2.24, 2.45) is 0 Å². The molecule has 2 heteroatoms. The zero-order valence-electron chi connectivity index (χ0n) is 14.6. The third-order valence-electron chi connectivity index (χ3n) is 5.35. The summed E-state index contributed by atoms with van der Waals surface area (Å²) < 4.78 is 8.77. The van der Waals surface area contributed by atoms with Crippen LogP contribution in [0.2, 0.25) is 0 Å². The predicted octanol–water partition coefficient (Wildman–Crippen LogP) is 7.42. The highest BCUT2D eigenvalue weighted by Gasteiger charge is 2.17. The maximum Gasteiger partial charge on any atom is 0.131 e. The zero-order chi connectivity index (χ0) is 17.8. The number of fused-ring (bicyclic) bond motifs is 5. The molecule has 1 nitrogen and oxygen atoms in total. The third kappa shape index (κ3) is 2.37. The molecule has 0 spiro atoms. The molecular weight excluding hydrogens is 348 g/mol.